The van der Waals surface area contributed by atoms with Crippen LogP contribution in [0.5, 0.6) is 0 Å². The first-order valence-electron chi connectivity index (χ1n) is 6.44. The Morgan fingerprint density at radius 3 is 2.21 bits per heavy atom. The van der Waals surface area contributed by atoms with Crippen LogP contribution in [0.3, 0.4) is 0 Å². The van der Waals surface area contributed by atoms with Crippen LogP contribution in [-0.2, 0) is 11.3 Å². The van der Waals surface area contributed by atoms with Crippen LogP contribution in [0.25, 0.3) is 5.70 Å². The van der Waals surface area contributed by atoms with Crippen molar-refractivity contribution in [3.05, 3.63) is 77.9 Å². The van der Waals surface area contributed by atoms with E-state index in [1.165, 1.54) is 0 Å². The zero-order valence-corrected chi connectivity index (χ0v) is 10.6. The number of nitrogens with zero attached hydrogens (tertiary/aromatic N) is 1. The summed E-state index contributed by atoms with van der Waals surface area (Å²) in [6.07, 6.45) is 2.51. The van der Waals surface area contributed by atoms with E-state index in [0.29, 0.717) is 13.0 Å². The van der Waals surface area contributed by atoms with Crippen molar-refractivity contribution >= 4 is 11.6 Å². The summed E-state index contributed by atoms with van der Waals surface area (Å²) in [6.45, 7) is 0.639. The summed E-state index contributed by atoms with van der Waals surface area (Å²) < 4.78 is 0. The zero-order chi connectivity index (χ0) is 13.1. The second-order valence-electron chi connectivity index (χ2n) is 4.62. The molecule has 2 aromatic carbocycles. The third kappa shape index (κ3) is 2.43. The minimum absolute atomic E-state index is 0.169. The smallest absolute Gasteiger partial charge is 0.231 e. The first-order valence-corrected chi connectivity index (χ1v) is 6.44. The standard InChI is InChI=1S/C17H15NO/c19-17-12-11-16(15-9-5-2-6-10-15)18(17)13-14-7-3-1-4-8-14/h1-11H,12-13H2. The summed E-state index contributed by atoms with van der Waals surface area (Å²) >= 11 is 0. The minimum Gasteiger partial charge on any atom is -0.307 e. The van der Waals surface area contributed by atoms with Crippen LogP contribution >= 0.6 is 0 Å². The molecule has 0 radical (unpaired) electrons. The minimum atomic E-state index is 0.169. The van der Waals surface area contributed by atoms with Gasteiger partial charge in [-0.2, -0.15) is 0 Å². The third-order valence-electron chi connectivity index (χ3n) is 3.31. The van der Waals surface area contributed by atoms with Crippen LogP contribution < -0.4 is 0 Å². The Morgan fingerprint density at radius 2 is 1.53 bits per heavy atom. The quantitative estimate of drug-likeness (QED) is 0.815. The van der Waals surface area contributed by atoms with Crippen molar-refractivity contribution < 1.29 is 4.79 Å². The van der Waals surface area contributed by atoms with Gasteiger partial charge < -0.3 is 4.90 Å². The summed E-state index contributed by atoms with van der Waals surface area (Å²) in [5.41, 5.74) is 3.28. The molecule has 0 saturated carbocycles. The molecule has 1 aliphatic heterocycles. The van der Waals surface area contributed by atoms with Crippen molar-refractivity contribution in [2.24, 2.45) is 0 Å². The Labute approximate surface area is 113 Å². The number of carbonyl (C=O) groups is 1. The fraction of sp³-hybridized carbons (Fsp3) is 0.118. The van der Waals surface area contributed by atoms with Gasteiger partial charge >= 0.3 is 0 Å². The molecule has 0 bridgehead atoms. The number of hydrogen-bond donors (Lipinski definition) is 0. The molecule has 3 rings (SSSR count). The van der Waals surface area contributed by atoms with E-state index in [2.05, 4.69) is 0 Å². The van der Waals surface area contributed by atoms with Gasteiger partial charge in [-0.15, -0.1) is 0 Å². The monoisotopic (exact) mass is 249 g/mol. The van der Waals surface area contributed by atoms with Crippen LogP contribution in [0.2, 0.25) is 0 Å². The van der Waals surface area contributed by atoms with Crippen LogP contribution in [0.1, 0.15) is 17.5 Å². The lowest BCUT2D eigenvalue weighted by atomic mass is 10.1. The molecular weight excluding hydrogens is 234 g/mol. The van der Waals surface area contributed by atoms with Gasteiger partial charge in [0, 0.05) is 12.1 Å². The number of rotatable bonds is 3. The zero-order valence-electron chi connectivity index (χ0n) is 10.6. The Bertz CT molecular complexity index is 602. The van der Waals surface area contributed by atoms with Crippen LogP contribution in [-0.4, -0.2) is 10.8 Å². The predicted molar refractivity (Wildman–Crippen MR) is 76.0 cm³/mol. The fourth-order valence-corrected chi connectivity index (χ4v) is 2.36. The largest absolute Gasteiger partial charge is 0.307 e. The maximum Gasteiger partial charge on any atom is 0.231 e. The van der Waals surface area contributed by atoms with Gasteiger partial charge in [0.1, 0.15) is 0 Å². The van der Waals surface area contributed by atoms with Gasteiger partial charge in [0.25, 0.3) is 0 Å². The molecule has 0 aliphatic carbocycles. The van der Waals surface area contributed by atoms with Gasteiger partial charge in [-0.1, -0.05) is 66.7 Å². The summed E-state index contributed by atoms with van der Waals surface area (Å²) in [7, 11) is 0. The Morgan fingerprint density at radius 1 is 0.895 bits per heavy atom. The maximum absolute atomic E-state index is 12.0. The highest BCUT2D eigenvalue weighted by atomic mass is 16.2. The summed E-state index contributed by atoms with van der Waals surface area (Å²) in [4.78, 5) is 13.9. The maximum atomic E-state index is 12.0. The van der Waals surface area contributed by atoms with E-state index in [4.69, 9.17) is 0 Å². The topological polar surface area (TPSA) is 20.3 Å². The molecule has 0 atom stereocenters. The molecule has 0 unspecified atom stereocenters. The average molecular weight is 249 g/mol. The highest BCUT2D eigenvalue weighted by Gasteiger charge is 2.24. The number of benzene rings is 2. The van der Waals surface area contributed by atoms with E-state index >= 15 is 0 Å². The molecule has 1 aliphatic rings. The van der Waals surface area contributed by atoms with Gasteiger partial charge in [-0.05, 0) is 11.1 Å². The van der Waals surface area contributed by atoms with Crippen LogP contribution in [0, 0.1) is 0 Å². The van der Waals surface area contributed by atoms with E-state index in [0.717, 1.165) is 16.8 Å². The van der Waals surface area contributed by atoms with Gasteiger partial charge in [-0.25, -0.2) is 0 Å². The second kappa shape index (κ2) is 5.11. The van der Waals surface area contributed by atoms with Gasteiger partial charge in [0.05, 0.1) is 6.54 Å². The van der Waals surface area contributed by atoms with Crippen LogP contribution in [0.15, 0.2) is 66.7 Å². The molecule has 2 aromatic rings. The average Bonchev–Trinajstić information content (AvgIpc) is 2.82. The summed E-state index contributed by atoms with van der Waals surface area (Å²) in [5, 5.41) is 0. The molecule has 1 amide bonds. The van der Waals surface area contributed by atoms with E-state index < -0.39 is 0 Å². The van der Waals surface area contributed by atoms with Crippen molar-refractivity contribution in [1.29, 1.82) is 0 Å². The van der Waals surface area contributed by atoms with Gasteiger partial charge in [0.2, 0.25) is 5.91 Å². The molecule has 1 heterocycles. The Balaban J connectivity index is 1.87. The number of amides is 1. The summed E-state index contributed by atoms with van der Waals surface area (Å²) in [5.74, 6) is 0.169. The fourth-order valence-electron chi connectivity index (χ4n) is 2.36. The van der Waals surface area contributed by atoms with E-state index in [1.807, 2.05) is 71.6 Å². The molecule has 2 heteroatoms. The Hall–Kier alpha value is -2.35. The van der Waals surface area contributed by atoms with Crippen LogP contribution in [0.4, 0.5) is 0 Å². The Kier molecular flexibility index (Phi) is 3.15. The third-order valence-corrected chi connectivity index (χ3v) is 3.31. The van der Waals surface area contributed by atoms with Crippen molar-refractivity contribution in [3.8, 4) is 0 Å². The van der Waals surface area contributed by atoms with Crippen molar-refractivity contribution in [1.82, 2.24) is 4.90 Å². The molecule has 0 spiro atoms. The highest BCUT2D eigenvalue weighted by molar-refractivity contribution is 5.93. The molecule has 0 fully saturated rings. The SMILES string of the molecule is O=C1CC=C(c2ccccc2)N1Cc1ccccc1. The first kappa shape index (κ1) is 11.7. The highest BCUT2D eigenvalue weighted by Crippen LogP contribution is 2.27. The molecule has 0 N–H and O–H groups in total. The van der Waals surface area contributed by atoms with E-state index in [9.17, 15) is 4.79 Å². The molecular formula is C17H15NO. The number of hydrogen-bond acceptors (Lipinski definition) is 1. The van der Waals surface area contributed by atoms with E-state index in [1.54, 1.807) is 0 Å². The molecule has 94 valence electrons. The van der Waals surface area contributed by atoms with E-state index in [-0.39, 0.29) is 5.91 Å². The number of carbonyl (C=O) groups excluding carboxylic acids is 1. The summed E-state index contributed by atoms with van der Waals surface area (Å²) in [6, 6.07) is 20.2. The lowest BCUT2D eigenvalue weighted by molar-refractivity contribution is -0.126. The normalized spacial score (nSPS) is 14.6. The van der Waals surface area contributed by atoms with Gasteiger partial charge in [-0.3, -0.25) is 4.79 Å². The molecule has 0 saturated heterocycles. The molecule has 0 aromatic heterocycles. The second-order valence-corrected chi connectivity index (χ2v) is 4.62. The molecule has 2 nitrogen and oxygen atoms in total. The van der Waals surface area contributed by atoms with Gasteiger partial charge in [0.15, 0.2) is 0 Å². The molecule has 19 heavy (non-hydrogen) atoms. The van der Waals surface area contributed by atoms with Crippen molar-refractivity contribution in [3.63, 3.8) is 0 Å². The van der Waals surface area contributed by atoms with Crippen molar-refractivity contribution in [2.75, 3.05) is 0 Å². The predicted octanol–water partition coefficient (Wildman–Crippen LogP) is 3.46. The lowest BCUT2D eigenvalue weighted by Crippen LogP contribution is -2.24. The van der Waals surface area contributed by atoms with Crippen molar-refractivity contribution in [2.45, 2.75) is 13.0 Å². The lowest BCUT2D eigenvalue weighted by Gasteiger charge is -2.21. The first-order chi connectivity index (χ1) is 9.34.